The molecule has 3 rings (SSSR count). The lowest BCUT2D eigenvalue weighted by atomic mass is 9.90. The highest BCUT2D eigenvalue weighted by Crippen LogP contribution is 2.32. The van der Waals surface area contributed by atoms with Gasteiger partial charge in [0.2, 0.25) is 0 Å². The van der Waals surface area contributed by atoms with E-state index in [1.54, 1.807) is 6.20 Å². The SMILES string of the molecule is CC(C)(C)NCC(=O)CCC1CCN(c2ccc(C#N)c3ncccc23)CC1. The van der Waals surface area contributed by atoms with Crippen molar-refractivity contribution >= 4 is 22.4 Å². The number of rotatable bonds is 6. The molecule has 2 aromatic rings. The van der Waals surface area contributed by atoms with Crippen molar-refractivity contribution in [2.75, 3.05) is 24.5 Å². The Labute approximate surface area is 167 Å². The van der Waals surface area contributed by atoms with Gasteiger partial charge in [-0.1, -0.05) is 0 Å². The molecule has 1 aliphatic heterocycles. The van der Waals surface area contributed by atoms with Gasteiger partial charge >= 0.3 is 0 Å². The number of fused-ring (bicyclic) bond motifs is 1. The van der Waals surface area contributed by atoms with Crippen LogP contribution in [0.5, 0.6) is 0 Å². The summed E-state index contributed by atoms with van der Waals surface area (Å²) < 4.78 is 0. The Kier molecular flexibility index (Phi) is 6.31. The molecule has 1 N–H and O–H groups in total. The number of carbonyl (C=O) groups is 1. The average Bonchev–Trinajstić information content (AvgIpc) is 2.70. The van der Waals surface area contributed by atoms with Gasteiger partial charge in [0.1, 0.15) is 11.9 Å². The van der Waals surface area contributed by atoms with Crippen LogP contribution in [0.2, 0.25) is 0 Å². The Morgan fingerprint density at radius 1 is 1.29 bits per heavy atom. The van der Waals surface area contributed by atoms with E-state index in [1.807, 2.05) is 24.3 Å². The zero-order valence-corrected chi connectivity index (χ0v) is 17.2. The van der Waals surface area contributed by atoms with Gasteiger partial charge in [-0.3, -0.25) is 9.78 Å². The van der Waals surface area contributed by atoms with E-state index in [4.69, 9.17) is 0 Å². The van der Waals surface area contributed by atoms with Crippen molar-refractivity contribution in [2.45, 2.75) is 52.0 Å². The Bertz CT molecular complexity index is 870. The smallest absolute Gasteiger partial charge is 0.146 e. The van der Waals surface area contributed by atoms with Crippen LogP contribution in [0.15, 0.2) is 30.5 Å². The number of pyridine rings is 1. The summed E-state index contributed by atoms with van der Waals surface area (Å²) in [5, 5.41) is 13.6. The monoisotopic (exact) mass is 378 g/mol. The number of Topliss-reactive ketones (excluding diaryl/α,β-unsaturated/α-hetero) is 1. The third-order valence-electron chi connectivity index (χ3n) is 5.47. The van der Waals surface area contributed by atoms with Gasteiger partial charge in [0, 0.05) is 42.3 Å². The minimum atomic E-state index is -0.0142. The standard InChI is InChI=1S/C23H30N4O/c1-23(2,3)26-16-19(28)8-6-17-10-13-27(14-11-17)21-9-7-18(15-24)22-20(21)5-4-12-25-22/h4-5,7,9,12,17,26H,6,8,10-11,13-14,16H2,1-3H3. The maximum Gasteiger partial charge on any atom is 0.146 e. The fourth-order valence-electron chi connectivity index (χ4n) is 3.80. The first kappa shape index (κ1) is 20.3. The first-order valence-electron chi connectivity index (χ1n) is 10.2. The maximum absolute atomic E-state index is 12.1. The predicted molar refractivity (Wildman–Crippen MR) is 113 cm³/mol. The number of nitriles is 1. The minimum Gasteiger partial charge on any atom is -0.371 e. The van der Waals surface area contributed by atoms with Crippen LogP contribution >= 0.6 is 0 Å². The molecule has 0 amide bonds. The van der Waals surface area contributed by atoms with Crippen molar-refractivity contribution in [3.8, 4) is 6.07 Å². The number of anilines is 1. The fourth-order valence-corrected chi connectivity index (χ4v) is 3.80. The summed E-state index contributed by atoms with van der Waals surface area (Å²) in [6.07, 6.45) is 5.58. The highest BCUT2D eigenvalue weighted by Gasteiger charge is 2.22. The van der Waals surface area contributed by atoms with Gasteiger partial charge in [0.15, 0.2) is 0 Å². The lowest BCUT2D eigenvalue weighted by Crippen LogP contribution is -2.39. The van der Waals surface area contributed by atoms with E-state index in [0.29, 0.717) is 30.2 Å². The molecule has 0 atom stereocenters. The average molecular weight is 379 g/mol. The molecule has 0 unspecified atom stereocenters. The van der Waals surface area contributed by atoms with Gasteiger partial charge in [-0.25, -0.2) is 0 Å². The van der Waals surface area contributed by atoms with Gasteiger partial charge in [-0.05, 0) is 70.2 Å². The highest BCUT2D eigenvalue weighted by atomic mass is 16.1. The normalized spacial score (nSPS) is 15.6. The van der Waals surface area contributed by atoms with Gasteiger partial charge in [0.05, 0.1) is 17.6 Å². The molecule has 28 heavy (non-hydrogen) atoms. The molecule has 0 saturated carbocycles. The molecule has 5 nitrogen and oxygen atoms in total. The maximum atomic E-state index is 12.1. The molecule has 1 fully saturated rings. The van der Waals surface area contributed by atoms with Crippen molar-refractivity contribution in [3.63, 3.8) is 0 Å². The molecule has 148 valence electrons. The van der Waals surface area contributed by atoms with Crippen molar-refractivity contribution < 1.29 is 4.79 Å². The Morgan fingerprint density at radius 3 is 2.71 bits per heavy atom. The number of nitrogens with zero attached hydrogens (tertiary/aromatic N) is 3. The van der Waals surface area contributed by atoms with Crippen molar-refractivity contribution in [2.24, 2.45) is 5.92 Å². The zero-order valence-electron chi connectivity index (χ0n) is 17.2. The molecule has 1 aromatic heterocycles. The van der Waals surface area contributed by atoms with E-state index in [9.17, 15) is 10.1 Å². The summed E-state index contributed by atoms with van der Waals surface area (Å²) in [5.41, 5.74) is 2.55. The summed E-state index contributed by atoms with van der Waals surface area (Å²) in [6.45, 7) is 8.67. The summed E-state index contributed by atoms with van der Waals surface area (Å²) in [6, 6.07) is 10.1. The molecule has 0 spiro atoms. The largest absolute Gasteiger partial charge is 0.371 e. The third-order valence-corrected chi connectivity index (χ3v) is 5.47. The van der Waals surface area contributed by atoms with Crippen LogP contribution in [0.25, 0.3) is 10.9 Å². The highest BCUT2D eigenvalue weighted by molar-refractivity contribution is 5.95. The number of piperidine rings is 1. The first-order valence-corrected chi connectivity index (χ1v) is 10.2. The summed E-state index contributed by atoms with van der Waals surface area (Å²) in [7, 11) is 0. The molecule has 0 bridgehead atoms. The number of carbonyl (C=O) groups excluding carboxylic acids is 1. The van der Waals surface area contributed by atoms with Gasteiger partial charge in [-0.2, -0.15) is 5.26 Å². The number of hydrogen-bond acceptors (Lipinski definition) is 5. The topological polar surface area (TPSA) is 69.0 Å². The van der Waals surface area contributed by atoms with Gasteiger partial charge < -0.3 is 10.2 Å². The predicted octanol–water partition coefficient (Wildman–Crippen LogP) is 4.06. The molecule has 0 radical (unpaired) electrons. The second-order valence-electron chi connectivity index (χ2n) is 8.75. The van der Waals surface area contributed by atoms with Crippen LogP contribution in [-0.4, -0.2) is 35.9 Å². The number of hydrogen-bond donors (Lipinski definition) is 1. The van der Waals surface area contributed by atoms with Crippen LogP contribution in [0.1, 0.15) is 52.0 Å². The lowest BCUT2D eigenvalue weighted by molar-refractivity contribution is -0.118. The number of nitrogens with one attached hydrogen (secondary N) is 1. The Balaban J connectivity index is 1.56. The first-order chi connectivity index (χ1) is 13.4. The van der Waals surface area contributed by atoms with Gasteiger partial charge in [0.25, 0.3) is 0 Å². The second kappa shape index (κ2) is 8.70. The fraction of sp³-hybridized carbons (Fsp3) is 0.522. The molecule has 1 saturated heterocycles. The van der Waals surface area contributed by atoms with E-state index >= 15 is 0 Å². The van der Waals surface area contributed by atoms with E-state index in [0.717, 1.165) is 48.9 Å². The summed E-state index contributed by atoms with van der Waals surface area (Å²) in [5.74, 6) is 0.916. The van der Waals surface area contributed by atoms with E-state index in [2.05, 4.69) is 42.0 Å². The molecule has 1 aromatic carbocycles. The van der Waals surface area contributed by atoms with Crippen LogP contribution in [0.4, 0.5) is 5.69 Å². The molecular weight excluding hydrogens is 348 g/mol. The number of aromatic nitrogens is 1. The van der Waals surface area contributed by atoms with Crippen molar-refractivity contribution in [3.05, 3.63) is 36.0 Å². The number of benzene rings is 1. The van der Waals surface area contributed by atoms with Crippen LogP contribution in [-0.2, 0) is 4.79 Å². The quantitative estimate of drug-likeness (QED) is 0.821. The molecule has 1 aliphatic rings. The number of ketones is 1. The zero-order chi connectivity index (χ0) is 20.1. The van der Waals surface area contributed by atoms with Crippen LogP contribution in [0, 0.1) is 17.2 Å². The summed E-state index contributed by atoms with van der Waals surface area (Å²) >= 11 is 0. The van der Waals surface area contributed by atoms with Crippen molar-refractivity contribution in [1.29, 1.82) is 5.26 Å². The van der Waals surface area contributed by atoms with E-state index in [-0.39, 0.29) is 5.54 Å². The Morgan fingerprint density at radius 2 is 2.04 bits per heavy atom. The summed E-state index contributed by atoms with van der Waals surface area (Å²) in [4.78, 5) is 18.9. The lowest BCUT2D eigenvalue weighted by Gasteiger charge is -2.34. The van der Waals surface area contributed by atoms with Crippen LogP contribution in [0.3, 0.4) is 0 Å². The van der Waals surface area contributed by atoms with E-state index in [1.165, 1.54) is 0 Å². The second-order valence-corrected chi connectivity index (χ2v) is 8.75. The van der Waals surface area contributed by atoms with Gasteiger partial charge in [-0.15, -0.1) is 0 Å². The van der Waals surface area contributed by atoms with E-state index < -0.39 is 0 Å². The van der Waals surface area contributed by atoms with Crippen LogP contribution < -0.4 is 10.2 Å². The Hall–Kier alpha value is -2.45. The molecular formula is C23H30N4O. The minimum absolute atomic E-state index is 0.0142. The molecule has 5 heteroatoms. The molecule has 0 aliphatic carbocycles. The molecule has 2 heterocycles. The third kappa shape index (κ3) is 5.08. The van der Waals surface area contributed by atoms with Crippen molar-refractivity contribution in [1.82, 2.24) is 10.3 Å².